The molecule has 8 heteroatoms. The van der Waals surface area contributed by atoms with Crippen molar-refractivity contribution in [3.05, 3.63) is 71.8 Å². The number of alkyl halides is 3. The number of amides is 1. The van der Waals surface area contributed by atoms with Crippen molar-refractivity contribution < 1.29 is 27.5 Å². The molecule has 1 aliphatic rings. The van der Waals surface area contributed by atoms with Crippen molar-refractivity contribution in [1.29, 1.82) is 0 Å². The van der Waals surface area contributed by atoms with Gasteiger partial charge in [-0.05, 0) is 29.8 Å². The Bertz CT molecular complexity index is 905. The molecule has 3 rings (SSSR count). The van der Waals surface area contributed by atoms with E-state index in [0.717, 1.165) is 17.7 Å². The molecule has 1 amide bonds. The van der Waals surface area contributed by atoms with Crippen LogP contribution >= 0.6 is 0 Å². The van der Waals surface area contributed by atoms with E-state index in [-0.39, 0.29) is 12.5 Å². The fourth-order valence-electron chi connectivity index (χ4n) is 3.09. The summed E-state index contributed by atoms with van der Waals surface area (Å²) in [6.45, 7) is 1.10. The number of carbonyl (C=O) groups excluding carboxylic acids is 2. The summed E-state index contributed by atoms with van der Waals surface area (Å²) in [5.74, 6) is -0.949. The summed E-state index contributed by atoms with van der Waals surface area (Å²) >= 11 is 0. The Hall–Kier alpha value is -3.29. The van der Waals surface area contributed by atoms with Crippen molar-refractivity contribution in [1.82, 2.24) is 4.90 Å². The van der Waals surface area contributed by atoms with E-state index in [1.54, 1.807) is 17.0 Å². The number of benzene rings is 2. The number of piperazine rings is 1. The Balaban J connectivity index is 1.46. The summed E-state index contributed by atoms with van der Waals surface area (Å²) in [7, 11) is 0. The predicted molar refractivity (Wildman–Crippen MR) is 107 cm³/mol. The van der Waals surface area contributed by atoms with Crippen molar-refractivity contribution in [2.75, 3.05) is 37.7 Å². The third-order valence-electron chi connectivity index (χ3n) is 4.72. The van der Waals surface area contributed by atoms with E-state index in [9.17, 15) is 22.8 Å². The Morgan fingerprint density at radius 1 is 0.967 bits per heavy atom. The molecule has 30 heavy (non-hydrogen) atoms. The summed E-state index contributed by atoms with van der Waals surface area (Å²) in [5.41, 5.74) is 0.606. The lowest BCUT2D eigenvalue weighted by Crippen LogP contribution is -2.49. The zero-order valence-electron chi connectivity index (χ0n) is 16.1. The summed E-state index contributed by atoms with van der Waals surface area (Å²) in [5, 5.41) is 0. The molecule has 1 aliphatic heterocycles. The molecule has 0 saturated carbocycles. The van der Waals surface area contributed by atoms with Crippen molar-refractivity contribution in [3.63, 3.8) is 0 Å². The molecule has 1 saturated heterocycles. The highest BCUT2D eigenvalue weighted by atomic mass is 19.4. The van der Waals surface area contributed by atoms with E-state index < -0.39 is 17.7 Å². The Morgan fingerprint density at radius 3 is 2.33 bits per heavy atom. The first-order valence-electron chi connectivity index (χ1n) is 9.43. The Morgan fingerprint density at radius 2 is 1.67 bits per heavy atom. The van der Waals surface area contributed by atoms with E-state index in [1.807, 2.05) is 30.3 Å². The van der Waals surface area contributed by atoms with E-state index in [4.69, 9.17) is 4.74 Å². The number of anilines is 1. The normalized spacial score (nSPS) is 14.8. The number of carbonyl (C=O) groups is 2. The molecule has 0 bridgehead atoms. The number of ether oxygens (including phenoxy) is 1. The van der Waals surface area contributed by atoms with Gasteiger partial charge < -0.3 is 14.5 Å². The molecule has 0 radical (unpaired) electrons. The van der Waals surface area contributed by atoms with Crippen LogP contribution in [0.4, 0.5) is 18.9 Å². The van der Waals surface area contributed by atoms with Gasteiger partial charge in [-0.15, -0.1) is 0 Å². The first kappa shape index (κ1) is 21.4. The second-order valence-corrected chi connectivity index (χ2v) is 6.77. The maximum Gasteiger partial charge on any atom is 0.416 e. The van der Waals surface area contributed by atoms with E-state index in [1.165, 1.54) is 17.0 Å². The van der Waals surface area contributed by atoms with Gasteiger partial charge in [0, 0.05) is 37.9 Å². The molecule has 158 valence electrons. The molecule has 0 spiro atoms. The maximum atomic E-state index is 12.9. The predicted octanol–water partition coefficient (Wildman–Crippen LogP) is 3.61. The van der Waals surface area contributed by atoms with Crippen LogP contribution in [-0.4, -0.2) is 49.6 Å². The first-order chi connectivity index (χ1) is 14.3. The van der Waals surface area contributed by atoms with Gasteiger partial charge in [-0.1, -0.05) is 36.4 Å². The van der Waals surface area contributed by atoms with Crippen LogP contribution in [0.1, 0.15) is 11.1 Å². The zero-order chi connectivity index (χ0) is 21.6. The average Bonchev–Trinajstić information content (AvgIpc) is 2.76. The highest BCUT2D eigenvalue weighted by Crippen LogP contribution is 2.31. The van der Waals surface area contributed by atoms with Gasteiger partial charge in [0.25, 0.3) is 5.91 Å². The molecule has 5 nitrogen and oxygen atoms in total. The molecule has 0 atom stereocenters. The van der Waals surface area contributed by atoms with Crippen LogP contribution in [0, 0.1) is 0 Å². The monoisotopic (exact) mass is 418 g/mol. The van der Waals surface area contributed by atoms with Gasteiger partial charge in [0.15, 0.2) is 6.61 Å². The van der Waals surface area contributed by atoms with Crippen LogP contribution < -0.4 is 4.90 Å². The van der Waals surface area contributed by atoms with Crippen LogP contribution in [0.25, 0.3) is 6.08 Å². The van der Waals surface area contributed by atoms with Gasteiger partial charge in [-0.25, -0.2) is 4.79 Å². The van der Waals surface area contributed by atoms with Gasteiger partial charge in [-0.2, -0.15) is 13.2 Å². The number of hydrogen-bond donors (Lipinski definition) is 0. The van der Waals surface area contributed by atoms with Crippen LogP contribution in [-0.2, 0) is 20.5 Å². The van der Waals surface area contributed by atoms with Crippen LogP contribution in [0.3, 0.4) is 0 Å². The minimum atomic E-state index is -4.40. The molecular weight excluding hydrogens is 397 g/mol. The third kappa shape index (κ3) is 5.85. The Labute approximate surface area is 172 Å². The fraction of sp³-hybridized carbons (Fsp3) is 0.273. The molecule has 0 aromatic heterocycles. The smallest absolute Gasteiger partial charge is 0.416 e. The number of halogens is 3. The summed E-state index contributed by atoms with van der Waals surface area (Å²) in [6, 6.07) is 14.3. The summed E-state index contributed by atoms with van der Waals surface area (Å²) in [4.78, 5) is 27.4. The van der Waals surface area contributed by atoms with Gasteiger partial charge in [0.2, 0.25) is 0 Å². The highest BCUT2D eigenvalue weighted by Gasteiger charge is 2.31. The van der Waals surface area contributed by atoms with Gasteiger partial charge in [0.05, 0.1) is 5.56 Å². The topological polar surface area (TPSA) is 49.9 Å². The maximum absolute atomic E-state index is 12.9. The van der Waals surface area contributed by atoms with Crippen molar-refractivity contribution in [3.8, 4) is 0 Å². The van der Waals surface area contributed by atoms with Crippen LogP contribution in [0.15, 0.2) is 60.7 Å². The molecule has 0 N–H and O–H groups in total. The lowest BCUT2D eigenvalue weighted by atomic mass is 10.1. The quantitative estimate of drug-likeness (QED) is 0.550. The number of nitrogens with zero attached hydrogens (tertiary/aromatic N) is 2. The fourth-order valence-corrected chi connectivity index (χ4v) is 3.09. The number of hydrogen-bond acceptors (Lipinski definition) is 4. The Kier molecular flexibility index (Phi) is 6.76. The molecule has 1 heterocycles. The second kappa shape index (κ2) is 9.47. The SMILES string of the molecule is O=C(/C=C/c1ccccc1)OCC(=O)N1CCN(c2cccc(C(F)(F)F)c2)CC1. The molecule has 0 aliphatic carbocycles. The molecule has 0 unspecified atom stereocenters. The van der Waals surface area contributed by atoms with Crippen molar-refractivity contribution >= 4 is 23.6 Å². The van der Waals surface area contributed by atoms with Crippen LogP contribution in [0.2, 0.25) is 0 Å². The second-order valence-electron chi connectivity index (χ2n) is 6.77. The van der Waals surface area contributed by atoms with Gasteiger partial charge in [-0.3, -0.25) is 4.79 Å². The van der Waals surface area contributed by atoms with E-state index in [2.05, 4.69) is 0 Å². The molecule has 2 aromatic rings. The minimum absolute atomic E-state index is 0.333. The lowest BCUT2D eigenvalue weighted by molar-refractivity contribution is -0.148. The largest absolute Gasteiger partial charge is 0.452 e. The summed E-state index contributed by atoms with van der Waals surface area (Å²) in [6.07, 6.45) is -1.54. The van der Waals surface area contributed by atoms with Crippen LogP contribution in [0.5, 0.6) is 0 Å². The molecule has 2 aromatic carbocycles. The zero-order valence-corrected chi connectivity index (χ0v) is 16.1. The third-order valence-corrected chi connectivity index (χ3v) is 4.72. The molecule has 1 fully saturated rings. The first-order valence-corrected chi connectivity index (χ1v) is 9.43. The minimum Gasteiger partial charge on any atom is -0.452 e. The number of rotatable bonds is 5. The van der Waals surface area contributed by atoms with Crippen molar-refractivity contribution in [2.24, 2.45) is 0 Å². The average molecular weight is 418 g/mol. The molecular formula is C22H21F3N2O3. The van der Waals surface area contributed by atoms with Gasteiger partial charge in [0.1, 0.15) is 0 Å². The van der Waals surface area contributed by atoms with E-state index in [0.29, 0.717) is 31.9 Å². The van der Waals surface area contributed by atoms with Gasteiger partial charge >= 0.3 is 12.1 Å². The summed E-state index contributed by atoms with van der Waals surface area (Å²) < 4.78 is 43.6. The standard InChI is InChI=1S/C22H21F3N2O3/c23-22(24,25)18-7-4-8-19(15-18)26-11-13-27(14-12-26)20(28)16-30-21(29)10-9-17-5-2-1-3-6-17/h1-10,15H,11-14,16H2/b10-9+. The highest BCUT2D eigenvalue weighted by molar-refractivity contribution is 5.89. The van der Waals surface area contributed by atoms with Crippen molar-refractivity contribution in [2.45, 2.75) is 6.18 Å². The van der Waals surface area contributed by atoms with E-state index >= 15 is 0 Å². The number of esters is 1. The lowest BCUT2D eigenvalue weighted by Gasteiger charge is -2.36.